The van der Waals surface area contributed by atoms with E-state index in [1.807, 2.05) is 19.1 Å². The Morgan fingerprint density at radius 2 is 2.04 bits per heavy atom. The van der Waals surface area contributed by atoms with E-state index in [0.29, 0.717) is 24.0 Å². The lowest BCUT2D eigenvalue weighted by molar-refractivity contribution is 0.277. The molecule has 1 aromatic rings. The second-order valence-corrected chi connectivity index (χ2v) is 6.63. The number of rotatable bonds is 10. The van der Waals surface area contributed by atoms with Gasteiger partial charge >= 0.3 is 0 Å². The molecule has 0 bridgehead atoms. The molecule has 0 fully saturated rings. The van der Waals surface area contributed by atoms with Crippen LogP contribution in [0.25, 0.3) is 0 Å². The highest BCUT2D eigenvalue weighted by molar-refractivity contribution is 6.32. The Balaban J connectivity index is 1.90. The van der Waals surface area contributed by atoms with Crippen molar-refractivity contribution >= 4 is 11.6 Å². The van der Waals surface area contributed by atoms with Gasteiger partial charge in [0, 0.05) is 6.54 Å². The Hall–Kier alpha value is -1.19. The first-order valence-electron chi connectivity index (χ1n) is 9.21. The van der Waals surface area contributed by atoms with Gasteiger partial charge in [-0.2, -0.15) is 0 Å². The summed E-state index contributed by atoms with van der Waals surface area (Å²) in [7, 11) is 0. The summed E-state index contributed by atoms with van der Waals surface area (Å²) < 4.78 is 11.5. The number of allylic oxidation sites excluding steroid dienone is 1. The van der Waals surface area contributed by atoms with E-state index in [-0.39, 0.29) is 0 Å². The fourth-order valence-corrected chi connectivity index (χ4v) is 3.23. The fraction of sp³-hybridized carbons (Fsp3) is 0.600. The molecule has 1 aromatic carbocycles. The van der Waals surface area contributed by atoms with Crippen molar-refractivity contribution in [2.45, 2.75) is 58.9 Å². The molecule has 0 spiro atoms. The summed E-state index contributed by atoms with van der Waals surface area (Å²) in [6.07, 6.45) is 9.72. The standard InChI is InChI=1S/C20H30ClNO2/c1-3-12-24-20-18(21)13-17(14-19(20)23-4-2)15-22-11-10-16-8-6-5-7-9-16/h8,13-14,22H,3-7,9-12,15H2,1-2H3. The summed E-state index contributed by atoms with van der Waals surface area (Å²) in [4.78, 5) is 0. The third-order valence-corrected chi connectivity index (χ3v) is 4.44. The lowest BCUT2D eigenvalue weighted by Gasteiger charge is -2.16. The van der Waals surface area contributed by atoms with Gasteiger partial charge in [-0.3, -0.25) is 0 Å². The lowest BCUT2D eigenvalue weighted by atomic mass is 9.97. The van der Waals surface area contributed by atoms with Crippen LogP contribution in [0, 0.1) is 0 Å². The molecule has 0 heterocycles. The number of hydrogen-bond donors (Lipinski definition) is 1. The molecular formula is C20H30ClNO2. The molecule has 24 heavy (non-hydrogen) atoms. The first kappa shape index (κ1) is 19.1. The number of ether oxygens (including phenoxy) is 2. The molecule has 1 N–H and O–H groups in total. The molecule has 3 nitrogen and oxygen atoms in total. The van der Waals surface area contributed by atoms with Gasteiger partial charge in [-0.25, -0.2) is 0 Å². The molecular weight excluding hydrogens is 322 g/mol. The second-order valence-electron chi connectivity index (χ2n) is 6.22. The van der Waals surface area contributed by atoms with E-state index < -0.39 is 0 Å². The highest BCUT2D eigenvalue weighted by atomic mass is 35.5. The SMILES string of the molecule is CCCOc1c(Cl)cc(CNCCC2=CCCCC2)cc1OCC. The molecule has 0 amide bonds. The van der Waals surface area contributed by atoms with Crippen molar-refractivity contribution in [3.63, 3.8) is 0 Å². The molecule has 0 saturated heterocycles. The average Bonchev–Trinajstić information content (AvgIpc) is 2.59. The summed E-state index contributed by atoms with van der Waals surface area (Å²) >= 11 is 6.40. The first-order chi connectivity index (χ1) is 11.7. The minimum atomic E-state index is 0.601. The fourth-order valence-electron chi connectivity index (χ4n) is 2.94. The summed E-state index contributed by atoms with van der Waals surface area (Å²) in [5.74, 6) is 1.40. The topological polar surface area (TPSA) is 30.5 Å². The van der Waals surface area contributed by atoms with E-state index in [0.717, 1.165) is 37.2 Å². The van der Waals surface area contributed by atoms with Gasteiger partial charge in [-0.15, -0.1) is 0 Å². The molecule has 1 aliphatic carbocycles. The lowest BCUT2D eigenvalue weighted by Crippen LogP contribution is -2.16. The maximum Gasteiger partial charge on any atom is 0.179 e. The normalized spacial score (nSPS) is 14.4. The van der Waals surface area contributed by atoms with Crippen LogP contribution in [0.2, 0.25) is 5.02 Å². The van der Waals surface area contributed by atoms with E-state index in [4.69, 9.17) is 21.1 Å². The number of hydrogen-bond acceptors (Lipinski definition) is 3. The zero-order chi connectivity index (χ0) is 17.2. The predicted octanol–water partition coefficient (Wildman–Crippen LogP) is 5.51. The van der Waals surface area contributed by atoms with E-state index in [1.54, 1.807) is 5.57 Å². The van der Waals surface area contributed by atoms with Gasteiger partial charge < -0.3 is 14.8 Å². The largest absolute Gasteiger partial charge is 0.490 e. The molecule has 0 radical (unpaired) electrons. The molecule has 134 valence electrons. The van der Waals surface area contributed by atoms with Crippen LogP contribution < -0.4 is 14.8 Å². The summed E-state index contributed by atoms with van der Waals surface area (Å²) in [5.41, 5.74) is 2.73. The summed E-state index contributed by atoms with van der Waals surface area (Å²) in [6, 6.07) is 4.01. The smallest absolute Gasteiger partial charge is 0.179 e. The van der Waals surface area contributed by atoms with Crippen LogP contribution in [0.4, 0.5) is 0 Å². The Kier molecular flexibility index (Phi) is 8.48. The molecule has 0 atom stereocenters. The van der Waals surface area contributed by atoms with Gasteiger partial charge in [0.2, 0.25) is 0 Å². The molecule has 0 saturated carbocycles. The number of halogens is 1. The van der Waals surface area contributed by atoms with Gasteiger partial charge in [0.25, 0.3) is 0 Å². The van der Waals surface area contributed by atoms with Gasteiger partial charge in [-0.1, -0.05) is 30.2 Å². The van der Waals surface area contributed by atoms with Crippen LogP contribution in [-0.4, -0.2) is 19.8 Å². The average molecular weight is 352 g/mol. The first-order valence-corrected chi connectivity index (χ1v) is 9.59. The Morgan fingerprint density at radius 1 is 1.17 bits per heavy atom. The maximum atomic E-state index is 6.40. The zero-order valence-corrected chi connectivity index (χ0v) is 15.8. The second kappa shape index (κ2) is 10.6. The van der Waals surface area contributed by atoms with E-state index in [2.05, 4.69) is 18.3 Å². The van der Waals surface area contributed by atoms with E-state index in [9.17, 15) is 0 Å². The molecule has 0 aromatic heterocycles. The zero-order valence-electron chi connectivity index (χ0n) is 15.0. The van der Waals surface area contributed by atoms with Gasteiger partial charge in [0.05, 0.1) is 18.2 Å². The van der Waals surface area contributed by atoms with Gasteiger partial charge in [-0.05, 0) is 69.7 Å². The molecule has 4 heteroatoms. The Labute approximate surface area is 151 Å². The highest BCUT2D eigenvalue weighted by Crippen LogP contribution is 2.36. The molecule has 1 aliphatic rings. The maximum absolute atomic E-state index is 6.40. The van der Waals surface area contributed by atoms with Crippen molar-refractivity contribution in [2.24, 2.45) is 0 Å². The van der Waals surface area contributed by atoms with Crippen LogP contribution in [0.5, 0.6) is 11.5 Å². The highest BCUT2D eigenvalue weighted by Gasteiger charge is 2.12. The van der Waals surface area contributed by atoms with Crippen molar-refractivity contribution in [1.82, 2.24) is 5.32 Å². The minimum absolute atomic E-state index is 0.601. The van der Waals surface area contributed by atoms with Gasteiger partial charge in [0.15, 0.2) is 11.5 Å². The minimum Gasteiger partial charge on any atom is -0.490 e. The van der Waals surface area contributed by atoms with Crippen molar-refractivity contribution in [2.75, 3.05) is 19.8 Å². The van der Waals surface area contributed by atoms with Crippen molar-refractivity contribution < 1.29 is 9.47 Å². The van der Waals surface area contributed by atoms with Crippen LogP contribution in [0.15, 0.2) is 23.8 Å². The van der Waals surface area contributed by atoms with E-state index >= 15 is 0 Å². The van der Waals surface area contributed by atoms with Crippen LogP contribution in [0.3, 0.4) is 0 Å². The van der Waals surface area contributed by atoms with Crippen molar-refractivity contribution in [3.05, 3.63) is 34.4 Å². The Bertz CT molecular complexity index is 543. The molecule has 2 rings (SSSR count). The van der Waals surface area contributed by atoms with E-state index in [1.165, 1.54) is 25.7 Å². The van der Waals surface area contributed by atoms with Crippen molar-refractivity contribution in [1.29, 1.82) is 0 Å². The van der Waals surface area contributed by atoms with Crippen LogP contribution in [-0.2, 0) is 6.54 Å². The Morgan fingerprint density at radius 3 is 2.75 bits per heavy atom. The van der Waals surface area contributed by atoms with Gasteiger partial charge in [0.1, 0.15) is 0 Å². The van der Waals surface area contributed by atoms with Crippen LogP contribution >= 0.6 is 11.6 Å². The molecule has 0 unspecified atom stereocenters. The van der Waals surface area contributed by atoms with Crippen LogP contribution in [0.1, 0.15) is 57.9 Å². The molecule has 0 aliphatic heterocycles. The monoisotopic (exact) mass is 351 g/mol. The summed E-state index contributed by atoms with van der Waals surface area (Å²) in [6.45, 7) is 7.09. The quantitative estimate of drug-likeness (QED) is 0.445. The number of benzene rings is 1. The van der Waals surface area contributed by atoms with Crippen molar-refractivity contribution in [3.8, 4) is 11.5 Å². The summed E-state index contributed by atoms with van der Waals surface area (Å²) in [5, 5.41) is 4.14. The third kappa shape index (κ3) is 6.03. The predicted molar refractivity (Wildman–Crippen MR) is 101 cm³/mol. The number of nitrogens with one attached hydrogen (secondary N) is 1. The third-order valence-electron chi connectivity index (χ3n) is 4.16.